The Balaban J connectivity index is 1.96. The van der Waals surface area contributed by atoms with Crippen molar-refractivity contribution in [1.82, 2.24) is 15.1 Å². The van der Waals surface area contributed by atoms with Crippen LogP contribution in [0.1, 0.15) is 20.3 Å². The molecule has 2 fully saturated rings. The van der Waals surface area contributed by atoms with E-state index in [2.05, 4.69) is 17.1 Å². The molecule has 1 N–H and O–H groups in total. The number of nitrogens with zero attached hydrogens (tertiary/aromatic N) is 2. The highest BCUT2D eigenvalue weighted by molar-refractivity contribution is 6.01. The Labute approximate surface area is 114 Å². The summed E-state index contributed by atoms with van der Waals surface area (Å²) in [4.78, 5) is 27.7. The molecule has 6 nitrogen and oxygen atoms in total. The quantitative estimate of drug-likeness (QED) is 0.694. The number of carbonyl (C=O) groups is 2. The van der Waals surface area contributed by atoms with Gasteiger partial charge in [0.15, 0.2) is 0 Å². The number of imide groups is 1. The fourth-order valence-electron chi connectivity index (χ4n) is 2.60. The highest BCUT2D eigenvalue weighted by Crippen LogP contribution is 2.11. The molecule has 2 atom stereocenters. The number of hydrogen-bond acceptors (Lipinski definition) is 5. The minimum absolute atomic E-state index is 0.0581. The first-order valence-electron chi connectivity index (χ1n) is 7.07. The lowest BCUT2D eigenvalue weighted by Crippen LogP contribution is -2.60. The summed E-state index contributed by atoms with van der Waals surface area (Å²) in [5.74, 6) is -0.261. The van der Waals surface area contributed by atoms with Crippen molar-refractivity contribution in [2.45, 2.75) is 32.4 Å². The number of nitrogens with one attached hydrogen (secondary N) is 1. The molecule has 0 spiro atoms. The van der Waals surface area contributed by atoms with E-state index in [-0.39, 0.29) is 30.5 Å². The van der Waals surface area contributed by atoms with Gasteiger partial charge in [0.1, 0.15) is 0 Å². The van der Waals surface area contributed by atoms with Gasteiger partial charge in [-0.25, -0.2) is 0 Å². The van der Waals surface area contributed by atoms with Crippen LogP contribution >= 0.6 is 0 Å². The Bertz CT molecular complexity index is 348. The first-order valence-corrected chi connectivity index (χ1v) is 7.07. The van der Waals surface area contributed by atoms with Crippen LogP contribution in [0, 0.1) is 0 Å². The molecule has 0 aromatic carbocycles. The SMILES string of the molecule is CCC1NCC(=O)N(CC2CN(CC)CCO2)C1=O. The van der Waals surface area contributed by atoms with Gasteiger partial charge < -0.3 is 4.74 Å². The lowest BCUT2D eigenvalue weighted by molar-refractivity contribution is -0.153. The Morgan fingerprint density at radius 3 is 2.84 bits per heavy atom. The average Bonchev–Trinajstić information content (AvgIpc) is 2.44. The molecular weight excluding hydrogens is 246 g/mol. The van der Waals surface area contributed by atoms with Crippen LogP contribution in [0.3, 0.4) is 0 Å². The molecule has 0 aliphatic carbocycles. The number of likely N-dealkylation sites (N-methyl/N-ethyl adjacent to an activating group) is 1. The van der Waals surface area contributed by atoms with Gasteiger partial charge in [-0.1, -0.05) is 13.8 Å². The number of carbonyl (C=O) groups excluding carboxylic acids is 2. The van der Waals surface area contributed by atoms with Gasteiger partial charge in [-0.2, -0.15) is 0 Å². The lowest BCUT2D eigenvalue weighted by Gasteiger charge is -2.37. The standard InChI is InChI=1S/C13H23N3O3/c1-3-11-13(18)16(12(17)7-14-11)9-10-8-15(4-2)5-6-19-10/h10-11,14H,3-9H2,1-2H3. The van der Waals surface area contributed by atoms with Gasteiger partial charge in [0.05, 0.1) is 31.8 Å². The van der Waals surface area contributed by atoms with E-state index in [0.29, 0.717) is 19.6 Å². The third-order valence-corrected chi connectivity index (χ3v) is 3.83. The van der Waals surface area contributed by atoms with Gasteiger partial charge in [0, 0.05) is 13.1 Å². The molecule has 2 aliphatic heterocycles. The van der Waals surface area contributed by atoms with Crippen LogP contribution in [0.2, 0.25) is 0 Å². The first kappa shape index (κ1) is 14.4. The number of ether oxygens (including phenoxy) is 1. The van der Waals surface area contributed by atoms with Crippen LogP contribution in [0.25, 0.3) is 0 Å². The molecule has 0 saturated carbocycles. The number of piperazine rings is 1. The second-order valence-corrected chi connectivity index (χ2v) is 5.07. The van der Waals surface area contributed by atoms with Crippen molar-refractivity contribution in [3.8, 4) is 0 Å². The van der Waals surface area contributed by atoms with Crippen LogP contribution in [-0.4, -0.2) is 73.1 Å². The maximum absolute atomic E-state index is 12.2. The number of hydrogen-bond donors (Lipinski definition) is 1. The molecule has 0 radical (unpaired) electrons. The molecule has 0 bridgehead atoms. The Morgan fingerprint density at radius 1 is 1.37 bits per heavy atom. The maximum Gasteiger partial charge on any atom is 0.246 e. The van der Waals surface area contributed by atoms with Crippen molar-refractivity contribution in [1.29, 1.82) is 0 Å². The predicted octanol–water partition coefficient (Wildman–Crippen LogP) is -0.556. The zero-order valence-electron chi connectivity index (χ0n) is 11.7. The summed E-state index contributed by atoms with van der Waals surface area (Å²) < 4.78 is 5.67. The summed E-state index contributed by atoms with van der Waals surface area (Å²) >= 11 is 0. The smallest absolute Gasteiger partial charge is 0.246 e. The van der Waals surface area contributed by atoms with E-state index in [1.165, 1.54) is 4.90 Å². The molecule has 2 amide bonds. The summed E-state index contributed by atoms with van der Waals surface area (Å²) in [5, 5.41) is 2.96. The lowest BCUT2D eigenvalue weighted by atomic mass is 10.1. The van der Waals surface area contributed by atoms with Gasteiger partial charge in [-0.3, -0.25) is 24.7 Å². The van der Waals surface area contributed by atoms with Crippen LogP contribution in [0.15, 0.2) is 0 Å². The van der Waals surface area contributed by atoms with Gasteiger partial charge in [-0.05, 0) is 13.0 Å². The van der Waals surface area contributed by atoms with Crippen molar-refractivity contribution >= 4 is 11.8 Å². The first-order chi connectivity index (χ1) is 9.15. The summed E-state index contributed by atoms with van der Waals surface area (Å²) in [6.45, 7) is 8.04. The van der Waals surface area contributed by atoms with Crippen molar-refractivity contribution in [2.75, 3.05) is 39.3 Å². The fourth-order valence-corrected chi connectivity index (χ4v) is 2.60. The fraction of sp³-hybridized carbons (Fsp3) is 0.846. The van der Waals surface area contributed by atoms with Gasteiger partial charge >= 0.3 is 0 Å². The monoisotopic (exact) mass is 269 g/mol. The molecule has 0 aromatic heterocycles. The van der Waals surface area contributed by atoms with E-state index in [1.807, 2.05) is 6.92 Å². The summed E-state index contributed by atoms with van der Waals surface area (Å²) in [7, 11) is 0. The molecule has 6 heteroatoms. The van der Waals surface area contributed by atoms with Crippen LogP contribution < -0.4 is 5.32 Å². The van der Waals surface area contributed by atoms with E-state index in [0.717, 1.165) is 19.6 Å². The Kier molecular flexibility index (Phi) is 4.90. The number of morpholine rings is 1. The maximum atomic E-state index is 12.2. The zero-order valence-corrected chi connectivity index (χ0v) is 11.7. The second kappa shape index (κ2) is 6.45. The number of rotatable bonds is 4. The second-order valence-electron chi connectivity index (χ2n) is 5.07. The number of amides is 2. The molecule has 2 saturated heterocycles. The molecule has 108 valence electrons. The Hall–Kier alpha value is -0.980. The largest absolute Gasteiger partial charge is 0.374 e. The summed E-state index contributed by atoms with van der Waals surface area (Å²) in [6, 6.07) is -0.233. The molecule has 2 unspecified atom stereocenters. The zero-order chi connectivity index (χ0) is 13.8. The van der Waals surface area contributed by atoms with Crippen molar-refractivity contribution in [3.63, 3.8) is 0 Å². The van der Waals surface area contributed by atoms with E-state index in [4.69, 9.17) is 4.74 Å². The molecule has 19 heavy (non-hydrogen) atoms. The van der Waals surface area contributed by atoms with Crippen molar-refractivity contribution < 1.29 is 14.3 Å². The molecule has 0 aromatic rings. The summed E-state index contributed by atoms with van der Waals surface area (Å²) in [5.41, 5.74) is 0. The summed E-state index contributed by atoms with van der Waals surface area (Å²) in [6.07, 6.45) is 0.645. The van der Waals surface area contributed by atoms with E-state index >= 15 is 0 Å². The molecule has 2 rings (SSSR count). The highest BCUT2D eigenvalue weighted by Gasteiger charge is 2.35. The highest BCUT2D eigenvalue weighted by atomic mass is 16.5. The normalized spacial score (nSPS) is 29.9. The van der Waals surface area contributed by atoms with Crippen molar-refractivity contribution in [2.24, 2.45) is 0 Å². The third-order valence-electron chi connectivity index (χ3n) is 3.83. The Morgan fingerprint density at radius 2 is 2.16 bits per heavy atom. The van der Waals surface area contributed by atoms with Crippen molar-refractivity contribution in [3.05, 3.63) is 0 Å². The van der Waals surface area contributed by atoms with E-state index in [9.17, 15) is 9.59 Å². The predicted molar refractivity (Wildman–Crippen MR) is 70.7 cm³/mol. The van der Waals surface area contributed by atoms with E-state index < -0.39 is 0 Å². The third kappa shape index (κ3) is 3.32. The minimum atomic E-state index is -0.233. The minimum Gasteiger partial charge on any atom is -0.374 e. The van der Waals surface area contributed by atoms with Gasteiger partial charge in [-0.15, -0.1) is 0 Å². The molecule has 2 aliphatic rings. The van der Waals surface area contributed by atoms with Crippen LogP contribution in [-0.2, 0) is 14.3 Å². The topological polar surface area (TPSA) is 61.9 Å². The van der Waals surface area contributed by atoms with Gasteiger partial charge in [0.2, 0.25) is 11.8 Å². The van der Waals surface area contributed by atoms with Crippen LogP contribution in [0.5, 0.6) is 0 Å². The average molecular weight is 269 g/mol. The van der Waals surface area contributed by atoms with Crippen LogP contribution in [0.4, 0.5) is 0 Å². The van der Waals surface area contributed by atoms with Gasteiger partial charge in [0.25, 0.3) is 0 Å². The van der Waals surface area contributed by atoms with E-state index in [1.54, 1.807) is 0 Å². The molecular formula is C13H23N3O3. The molecule has 2 heterocycles.